The fourth-order valence-electron chi connectivity index (χ4n) is 1.93. The summed E-state index contributed by atoms with van der Waals surface area (Å²) in [5, 5.41) is 12.7. The number of hydrogen-bond acceptors (Lipinski definition) is 3. The molecule has 0 saturated heterocycles. The Bertz CT molecular complexity index is 609. The van der Waals surface area contributed by atoms with Crippen molar-refractivity contribution < 1.29 is 9.90 Å². The monoisotopic (exact) mass is 255 g/mol. The summed E-state index contributed by atoms with van der Waals surface area (Å²) in [6.45, 7) is 1.80. The van der Waals surface area contributed by atoms with Crippen LogP contribution in [0.4, 0.5) is 5.69 Å². The van der Waals surface area contributed by atoms with Gasteiger partial charge in [0.2, 0.25) is 5.91 Å². The average molecular weight is 255 g/mol. The van der Waals surface area contributed by atoms with Crippen LogP contribution in [0.15, 0.2) is 36.4 Å². The molecule has 2 aromatic carbocycles. The SMILES string of the molecule is CC(=O)Nc1ccc(O)c(-c2cc[c]cc2CN)c1. The Morgan fingerprint density at radius 1 is 1.37 bits per heavy atom. The Hall–Kier alpha value is -2.33. The minimum atomic E-state index is -0.155. The minimum absolute atomic E-state index is 0.148. The van der Waals surface area contributed by atoms with Gasteiger partial charge in [0.05, 0.1) is 0 Å². The van der Waals surface area contributed by atoms with Crippen molar-refractivity contribution in [2.45, 2.75) is 13.5 Å². The zero-order valence-electron chi connectivity index (χ0n) is 10.6. The van der Waals surface area contributed by atoms with Crippen LogP contribution in [0.3, 0.4) is 0 Å². The summed E-state index contributed by atoms with van der Waals surface area (Å²) in [6, 6.07) is 13.3. The molecule has 0 aromatic heterocycles. The number of phenols is 1. The van der Waals surface area contributed by atoms with Crippen molar-refractivity contribution in [2.75, 3.05) is 5.32 Å². The molecule has 2 rings (SSSR count). The van der Waals surface area contributed by atoms with Crippen molar-refractivity contribution in [3.05, 3.63) is 48.0 Å². The van der Waals surface area contributed by atoms with Gasteiger partial charge >= 0.3 is 0 Å². The molecule has 0 unspecified atom stereocenters. The van der Waals surface area contributed by atoms with Gasteiger partial charge in [0, 0.05) is 24.7 Å². The third-order valence-corrected chi connectivity index (χ3v) is 2.78. The molecule has 4 N–H and O–H groups in total. The first-order valence-corrected chi connectivity index (χ1v) is 5.92. The number of anilines is 1. The molecule has 0 aliphatic rings. The standard InChI is InChI=1S/C15H15N2O2/c1-10(18)17-12-6-7-15(19)14(8-12)13-5-3-2-4-11(13)9-16/h3-8,19H,9,16H2,1H3,(H,17,18). The molecule has 1 amide bonds. The number of amides is 1. The van der Waals surface area contributed by atoms with E-state index in [2.05, 4.69) is 11.4 Å². The van der Waals surface area contributed by atoms with Crippen LogP contribution < -0.4 is 11.1 Å². The van der Waals surface area contributed by atoms with Gasteiger partial charge in [-0.2, -0.15) is 0 Å². The maximum Gasteiger partial charge on any atom is 0.221 e. The smallest absolute Gasteiger partial charge is 0.221 e. The Labute approximate surface area is 111 Å². The molecule has 19 heavy (non-hydrogen) atoms. The zero-order valence-corrected chi connectivity index (χ0v) is 10.6. The summed E-state index contributed by atoms with van der Waals surface area (Å²) in [6.07, 6.45) is 0. The van der Waals surface area contributed by atoms with Crippen molar-refractivity contribution in [2.24, 2.45) is 5.73 Å². The predicted octanol–water partition coefficient (Wildman–Crippen LogP) is 2.28. The Morgan fingerprint density at radius 2 is 2.16 bits per heavy atom. The highest BCUT2D eigenvalue weighted by Gasteiger charge is 2.09. The number of aromatic hydroxyl groups is 1. The Morgan fingerprint density at radius 3 is 2.84 bits per heavy atom. The highest BCUT2D eigenvalue weighted by molar-refractivity contribution is 5.90. The maximum atomic E-state index is 11.1. The van der Waals surface area contributed by atoms with Crippen molar-refractivity contribution in [1.29, 1.82) is 0 Å². The van der Waals surface area contributed by atoms with Crippen molar-refractivity contribution >= 4 is 11.6 Å². The molecule has 4 heteroatoms. The molecular formula is C15H15N2O2. The third-order valence-electron chi connectivity index (χ3n) is 2.78. The average Bonchev–Trinajstić information content (AvgIpc) is 2.40. The summed E-state index contributed by atoms with van der Waals surface area (Å²) in [4.78, 5) is 11.1. The van der Waals surface area contributed by atoms with Crippen molar-refractivity contribution in [3.63, 3.8) is 0 Å². The Balaban J connectivity index is 2.51. The van der Waals surface area contributed by atoms with Crippen LogP contribution in [0, 0.1) is 6.07 Å². The van der Waals surface area contributed by atoms with E-state index in [-0.39, 0.29) is 11.7 Å². The molecule has 0 atom stereocenters. The fraction of sp³-hybridized carbons (Fsp3) is 0.133. The van der Waals surface area contributed by atoms with Crippen LogP contribution in [-0.4, -0.2) is 11.0 Å². The van der Waals surface area contributed by atoms with Gasteiger partial charge in [-0.3, -0.25) is 4.79 Å². The second kappa shape index (κ2) is 5.54. The highest BCUT2D eigenvalue weighted by atomic mass is 16.3. The zero-order chi connectivity index (χ0) is 13.8. The molecule has 0 fully saturated rings. The first kappa shape index (κ1) is 13.1. The van der Waals surface area contributed by atoms with Gasteiger partial charge in [-0.1, -0.05) is 12.1 Å². The summed E-state index contributed by atoms with van der Waals surface area (Å²) in [5.41, 5.74) is 8.69. The molecule has 0 saturated carbocycles. The van der Waals surface area contributed by atoms with Crippen LogP contribution in [0.2, 0.25) is 0 Å². The first-order chi connectivity index (χ1) is 9.11. The second-order valence-corrected chi connectivity index (χ2v) is 4.20. The van der Waals surface area contributed by atoms with Gasteiger partial charge in [0.15, 0.2) is 0 Å². The number of nitrogens with two attached hydrogens (primary N) is 1. The van der Waals surface area contributed by atoms with Gasteiger partial charge < -0.3 is 16.2 Å². The molecule has 97 valence electrons. The largest absolute Gasteiger partial charge is 0.507 e. The molecule has 0 heterocycles. The molecule has 2 aromatic rings. The lowest BCUT2D eigenvalue weighted by Crippen LogP contribution is -2.05. The number of hydrogen-bond donors (Lipinski definition) is 3. The van der Waals surface area contributed by atoms with E-state index in [0.717, 1.165) is 11.1 Å². The van der Waals surface area contributed by atoms with E-state index in [1.54, 1.807) is 30.3 Å². The molecule has 4 nitrogen and oxygen atoms in total. The lowest BCUT2D eigenvalue weighted by molar-refractivity contribution is -0.114. The van der Waals surface area contributed by atoms with Crippen LogP contribution >= 0.6 is 0 Å². The highest BCUT2D eigenvalue weighted by Crippen LogP contribution is 2.33. The summed E-state index contributed by atoms with van der Waals surface area (Å²) in [5.74, 6) is -0.00733. The van der Waals surface area contributed by atoms with E-state index in [1.807, 2.05) is 6.07 Å². The lowest BCUT2D eigenvalue weighted by Gasteiger charge is -2.11. The number of carbonyl (C=O) groups is 1. The summed E-state index contributed by atoms with van der Waals surface area (Å²) >= 11 is 0. The number of benzene rings is 2. The molecular weight excluding hydrogens is 240 g/mol. The second-order valence-electron chi connectivity index (χ2n) is 4.20. The van der Waals surface area contributed by atoms with E-state index in [4.69, 9.17) is 5.73 Å². The van der Waals surface area contributed by atoms with E-state index in [9.17, 15) is 9.90 Å². The van der Waals surface area contributed by atoms with Gasteiger partial charge in [-0.25, -0.2) is 0 Å². The molecule has 0 bridgehead atoms. The normalized spacial score (nSPS) is 10.2. The lowest BCUT2D eigenvalue weighted by atomic mass is 9.98. The van der Waals surface area contributed by atoms with Gasteiger partial charge in [0.25, 0.3) is 0 Å². The van der Waals surface area contributed by atoms with Crippen LogP contribution in [-0.2, 0) is 11.3 Å². The number of nitrogens with one attached hydrogen (secondary N) is 1. The van der Waals surface area contributed by atoms with Crippen molar-refractivity contribution in [3.8, 4) is 16.9 Å². The number of carbonyl (C=O) groups excluding carboxylic acids is 1. The Kier molecular flexibility index (Phi) is 3.82. The molecule has 0 spiro atoms. The summed E-state index contributed by atoms with van der Waals surface area (Å²) in [7, 11) is 0. The van der Waals surface area contributed by atoms with Gasteiger partial charge in [-0.05, 0) is 41.5 Å². The van der Waals surface area contributed by atoms with Crippen molar-refractivity contribution in [1.82, 2.24) is 0 Å². The topological polar surface area (TPSA) is 75.3 Å². The predicted molar refractivity (Wildman–Crippen MR) is 74.6 cm³/mol. The maximum absolute atomic E-state index is 11.1. The number of phenolic OH excluding ortho intramolecular Hbond substituents is 1. The van der Waals surface area contributed by atoms with Crippen LogP contribution in [0.25, 0.3) is 11.1 Å². The van der Waals surface area contributed by atoms with E-state index >= 15 is 0 Å². The van der Waals surface area contributed by atoms with Crippen LogP contribution in [0.1, 0.15) is 12.5 Å². The third kappa shape index (κ3) is 2.92. The minimum Gasteiger partial charge on any atom is -0.507 e. The van der Waals surface area contributed by atoms with Gasteiger partial charge in [-0.15, -0.1) is 0 Å². The van der Waals surface area contributed by atoms with E-state index in [0.29, 0.717) is 17.8 Å². The molecule has 0 aliphatic heterocycles. The first-order valence-electron chi connectivity index (χ1n) is 5.92. The van der Waals surface area contributed by atoms with Gasteiger partial charge in [0.1, 0.15) is 5.75 Å². The van der Waals surface area contributed by atoms with E-state index in [1.165, 1.54) is 6.92 Å². The number of rotatable bonds is 3. The fourth-order valence-corrected chi connectivity index (χ4v) is 1.93. The molecule has 0 aliphatic carbocycles. The summed E-state index contributed by atoms with van der Waals surface area (Å²) < 4.78 is 0. The quantitative estimate of drug-likeness (QED) is 0.736. The van der Waals surface area contributed by atoms with Crippen LogP contribution in [0.5, 0.6) is 5.75 Å². The molecule has 1 radical (unpaired) electrons. The van der Waals surface area contributed by atoms with E-state index < -0.39 is 0 Å².